The number of Topliss-reactive ketones (excluding diaryl/α,β-unsaturated/α-hetero) is 1. The van der Waals surface area contributed by atoms with Gasteiger partial charge in [0, 0.05) is 11.8 Å². The molecule has 0 aromatic carbocycles. The number of aliphatic hydroxyl groups is 1. The minimum Gasteiger partial charge on any atom is -0.393 e. The first kappa shape index (κ1) is 15.2. The minimum atomic E-state index is -0.0865. The van der Waals surface area contributed by atoms with Gasteiger partial charge in [0.05, 0.1) is 6.10 Å². The van der Waals surface area contributed by atoms with Crippen molar-refractivity contribution < 1.29 is 9.90 Å². The van der Waals surface area contributed by atoms with Gasteiger partial charge >= 0.3 is 0 Å². The summed E-state index contributed by atoms with van der Waals surface area (Å²) in [5.74, 6) is 2.74. The van der Waals surface area contributed by atoms with Crippen LogP contribution in [0.15, 0.2) is 0 Å². The number of rotatable bonds is 0. The van der Waals surface area contributed by atoms with Crippen molar-refractivity contribution in [2.24, 2.45) is 34.0 Å². The van der Waals surface area contributed by atoms with Gasteiger partial charge in [-0.1, -0.05) is 20.8 Å². The lowest BCUT2D eigenvalue weighted by Crippen LogP contribution is -2.58. The molecule has 4 aliphatic rings. The van der Waals surface area contributed by atoms with Crippen LogP contribution in [-0.2, 0) is 4.79 Å². The summed E-state index contributed by atoms with van der Waals surface area (Å²) in [6.07, 6.45) is 9.95. The van der Waals surface area contributed by atoms with Crippen molar-refractivity contribution in [1.82, 2.24) is 0 Å². The van der Waals surface area contributed by atoms with Crippen molar-refractivity contribution in [3.05, 3.63) is 0 Å². The van der Waals surface area contributed by atoms with Gasteiger partial charge in [-0.3, -0.25) is 4.79 Å². The maximum Gasteiger partial charge on any atom is 0.139 e. The molecular formula is C20H32O2. The summed E-state index contributed by atoms with van der Waals surface area (Å²) in [6, 6.07) is 0. The smallest absolute Gasteiger partial charge is 0.139 e. The molecule has 4 saturated carbocycles. The van der Waals surface area contributed by atoms with E-state index in [0.717, 1.165) is 43.9 Å². The van der Waals surface area contributed by atoms with Gasteiger partial charge in [-0.25, -0.2) is 0 Å². The van der Waals surface area contributed by atoms with Crippen LogP contribution in [0, 0.1) is 34.0 Å². The molecule has 0 aromatic rings. The molecule has 2 nitrogen and oxygen atoms in total. The van der Waals surface area contributed by atoms with Gasteiger partial charge in [-0.2, -0.15) is 0 Å². The fourth-order valence-electron chi connectivity index (χ4n) is 7.38. The first-order valence-corrected chi connectivity index (χ1v) is 9.52. The maximum absolute atomic E-state index is 12.4. The second-order valence-electron chi connectivity index (χ2n) is 9.71. The molecule has 7 atom stereocenters. The summed E-state index contributed by atoms with van der Waals surface area (Å²) in [6.45, 7) is 7.23. The fourth-order valence-corrected chi connectivity index (χ4v) is 7.38. The second kappa shape index (κ2) is 4.59. The quantitative estimate of drug-likeness (QED) is 0.722. The molecule has 7 unspecified atom stereocenters. The molecular weight excluding hydrogens is 272 g/mol. The minimum absolute atomic E-state index is 0.000547. The van der Waals surface area contributed by atoms with Crippen LogP contribution >= 0.6 is 0 Å². The highest BCUT2D eigenvalue weighted by atomic mass is 16.3. The van der Waals surface area contributed by atoms with Crippen LogP contribution in [0.25, 0.3) is 0 Å². The van der Waals surface area contributed by atoms with Crippen LogP contribution in [0.2, 0.25) is 0 Å². The molecule has 0 spiro atoms. The molecule has 22 heavy (non-hydrogen) atoms. The Labute approximate surface area is 135 Å². The van der Waals surface area contributed by atoms with E-state index in [0.29, 0.717) is 22.5 Å². The third-order valence-electron chi connectivity index (χ3n) is 9.06. The van der Waals surface area contributed by atoms with E-state index in [-0.39, 0.29) is 11.5 Å². The summed E-state index contributed by atoms with van der Waals surface area (Å²) in [5, 5.41) is 10.2. The van der Waals surface area contributed by atoms with Crippen molar-refractivity contribution in [1.29, 1.82) is 0 Å². The Bertz CT molecular complexity index is 500. The maximum atomic E-state index is 12.4. The van der Waals surface area contributed by atoms with Gasteiger partial charge in [-0.15, -0.1) is 0 Å². The zero-order chi connectivity index (χ0) is 15.8. The lowest BCUT2D eigenvalue weighted by Gasteiger charge is -2.64. The standard InChI is InChI=1S/C20H32O2/c1-18-9-7-14-15-4-5-17(22)19(15,2)10-8-16(14)20(18,3)11-6-13(21)12-18/h13-16,21H,4-12H2,1-3H3. The molecule has 0 saturated heterocycles. The Hall–Kier alpha value is -0.370. The summed E-state index contributed by atoms with van der Waals surface area (Å²) >= 11 is 0. The van der Waals surface area contributed by atoms with E-state index in [1.54, 1.807) is 0 Å². The van der Waals surface area contributed by atoms with Crippen molar-refractivity contribution in [2.45, 2.75) is 84.7 Å². The number of carbonyl (C=O) groups excluding carboxylic acids is 1. The summed E-state index contributed by atoms with van der Waals surface area (Å²) < 4.78 is 0. The van der Waals surface area contributed by atoms with E-state index in [9.17, 15) is 9.90 Å². The Balaban J connectivity index is 1.68. The molecule has 0 heterocycles. The summed E-state index contributed by atoms with van der Waals surface area (Å²) in [7, 11) is 0. The van der Waals surface area contributed by atoms with E-state index < -0.39 is 0 Å². The Morgan fingerprint density at radius 1 is 0.955 bits per heavy atom. The van der Waals surface area contributed by atoms with E-state index in [1.165, 1.54) is 25.7 Å². The number of carbonyl (C=O) groups is 1. The van der Waals surface area contributed by atoms with Crippen molar-refractivity contribution in [2.75, 3.05) is 0 Å². The molecule has 0 aromatic heterocycles. The fraction of sp³-hybridized carbons (Fsp3) is 0.950. The number of fused-ring (bicyclic) bond motifs is 5. The third-order valence-corrected chi connectivity index (χ3v) is 9.06. The topological polar surface area (TPSA) is 37.3 Å². The molecule has 4 fully saturated rings. The summed E-state index contributed by atoms with van der Waals surface area (Å²) in [4.78, 5) is 12.4. The van der Waals surface area contributed by atoms with Gasteiger partial charge in [0.1, 0.15) is 5.78 Å². The lowest BCUT2D eigenvalue weighted by atomic mass is 9.40. The summed E-state index contributed by atoms with van der Waals surface area (Å²) in [5.41, 5.74) is 0.684. The van der Waals surface area contributed by atoms with E-state index in [4.69, 9.17) is 0 Å². The highest BCUT2D eigenvalue weighted by Crippen LogP contribution is 2.69. The van der Waals surface area contributed by atoms with Crippen LogP contribution in [0.1, 0.15) is 78.6 Å². The molecule has 0 bridgehead atoms. The molecule has 0 amide bonds. The molecule has 2 heteroatoms. The average molecular weight is 304 g/mol. The first-order valence-electron chi connectivity index (χ1n) is 9.52. The van der Waals surface area contributed by atoms with Crippen molar-refractivity contribution >= 4 is 5.78 Å². The third kappa shape index (κ3) is 1.74. The van der Waals surface area contributed by atoms with Crippen molar-refractivity contribution in [3.63, 3.8) is 0 Å². The molecule has 0 aliphatic heterocycles. The Kier molecular flexibility index (Phi) is 3.16. The molecule has 124 valence electrons. The Morgan fingerprint density at radius 2 is 1.73 bits per heavy atom. The van der Waals surface area contributed by atoms with Crippen LogP contribution in [0.4, 0.5) is 0 Å². The van der Waals surface area contributed by atoms with Crippen molar-refractivity contribution in [3.8, 4) is 0 Å². The van der Waals surface area contributed by atoms with Gasteiger partial charge in [0.25, 0.3) is 0 Å². The predicted octanol–water partition coefficient (Wildman–Crippen LogP) is 4.35. The second-order valence-corrected chi connectivity index (χ2v) is 9.71. The lowest BCUT2D eigenvalue weighted by molar-refractivity contribution is -0.169. The molecule has 1 N–H and O–H groups in total. The van der Waals surface area contributed by atoms with E-state index in [1.807, 2.05) is 0 Å². The van der Waals surface area contributed by atoms with Crippen LogP contribution in [0.5, 0.6) is 0 Å². The number of hydrogen-bond donors (Lipinski definition) is 1. The zero-order valence-electron chi connectivity index (χ0n) is 14.5. The number of hydrogen-bond acceptors (Lipinski definition) is 2. The van der Waals surface area contributed by atoms with E-state index >= 15 is 0 Å². The van der Waals surface area contributed by atoms with Gasteiger partial charge in [0.2, 0.25) is 0 Å². The molecule has 4 rings (SSSR count). The van der Waals surface area contributed by atoms with Gasteiger partial charge in [0.15, 0.2) is 0 Å². The van der Waals surface area contributed by atoms with Crippen LogP contribution < -0.4 is 0 Å². The van der Waals surface area contributed by atoms with Crippen LogP contribution in [-0.4, -0.2) is 17.0 Å². The van der Waals surface area contributed by atoms with Crippen LogP contribution in [0.3, 0.4) is 0 Å². The van der Waals surface area contributed by atoms with Gasteiger partial charge < -0.3 is 5.11 Å². The number of ketones is 1. The number of aliphatic hydroxyl groups excluding tert-OH is 1. The highest BCUT2D eigenvalue weighted by molar-refractivity contribution is 5.87. The molecule has 0 radical (unpaired) electrons. The monoisotopic (exact) mass is 304 g/mol. The van der Waals surface area contributed by atoms with Gasteiger partial charge in [-0.05, 0) is 80.0 Å². The average Bonchev–Trinajstić information content (AvgIpc) is 2.76. The largest absolute Gasteiger partial charge is 0.393 e. The zero-order valence-corrected chi connectivity index (χ0v) is 14.5. The highest BCUT2D eigenvalue weighted by Gasteiger charge is 2.63. The predicted molar refractivity (Wildman–Crippen MR) is 87.4 cm³/mol. The normalized spacial score (nSPS) is 57.9. The molecule has 4 aliphatic carbocycles. The first-order chi connectivity index (χ1) is 10.3. The SMILES string of the molecule is CC12CCC3C(CCC4(C)CC(O)CCC34C)C1CCC2=O. The Morgan fingerprint density at radius 3 is 2.50 bits per heavy atom. The van der Waals surface area contributed by atoms with E-state index in [2.05, 4.69) is 20.8 Å².